The molecule has 0 aliphatic rings. The number of rotatable bonds is 5. The van der Waals surface area contributed by atoms with Crippen molar-refractivity contribution in [1.29, 1.82) is 0 Å². The van der Waals surface area contributed by atoms with E-state index in [0.717, 1.165) is 21.8 Å². The van der Waals surface area contributed by atoms with Gasteiger partial charge in [-0.1, -0.05) is 6.07 Å². The van der Waals surface area contributed by atoms with Crippen molar-refractivity contribution >= 4 is 40.9 Å². The number of imidazole rings is 1. The Labute approximate surface area is 189 Å². The third-order valence-electron chi connectivity index (χ3n) is 4.97. The predicted molar refractivity (Wildman–Crippen MR) is 125 cm³/mol. The molecule has 0 bridgehead atoms. The van der Waals surface area contributed by atoms with Crippen LogP contribution in [0.15, 0.2) is 72.0 Å². The Balaban J connectivity index is 1.64. The number of anilines is 2. The summed E-state index contributed by atoms with van der Waals surface area (Å²) in [7, 11) is 3.05. The number of amides is 2. The molecule has 4 rings (SSSR count). The molecular formula is C23H21N5O3S. The number of nitrogens with zero attached hydrogens (tertiary/aromatic N) is 4. The fraction of sp³-hybridized carbons (Fsp3) is 0.130. The number of carbonyl (C=O) groups is 2. The van der Waals surface area contributed by atoms with E-state index < -0.39 is 6.09 Å². The Bertz CT molecular complexity index is 1290. The molecule has 2 amide bonds. The molecule has 0 aliphatic heterocycles. The van der Waals surface area contributed by atoms with E-state index in [1.165, 1.54) is 7.11 Å². The van der Waals surface area contributed by atoms with E-state index in [2.05, 4.69) is 20.0 Å². The van der Waals surface area contributed by atoms with Gasteiger partial charge in [-0.05, 0) is 48.7 Å². The van der Waals surface area contributed by atoms with Crippen LogP contribution >= 0.6 is 11.8 Å². The number of hydrogen-bond donors (Lipinski definition) is 1. The van der Waals surface area contributed by atoms with Gasteiger partial charge in [0.25, 0.3) is 5.91 Å². The van der Waals surface area contributed by atoms with E-state index in [9.17, 15) is 9.59 Å². The number of nitrogens with one attached hydrogen (secondary N) is 1. The maximum absolute atomic E-state index is 13.2. The second-order valence-corrected chi connectivity index (χ2v) is 7.78. The highest BCUT2D eigenvalue weighted by Gasteiger charge is 2.16. The Hall–Kier alpha value is -3.85. The minimum Gasteiger partial charge on any atom is -0.453 e. The second-order valence-electron chi connectivity index (χ2n) is 6.90. The van der Waals surface area contributed by atoms with Gasteiger partial charge in [-0.3, -0.25) is 14.5 Å². The van der Waals surface area contributed by atoms with E-state index >= 15 is 0 Å². The lowest BCUT2D eigenvalue weighted by molar-refractivity contribution is 0.0992. The summed E-state index contributed by atoms with van der Waals surface area (Å²) < 4.78 is 6.42. The first-order valence-corrected chi connectivity index (χ1v) is 10.9. The molecule has 0 fully saturated rings. The van der Waals surface area contributed by atoms with Gasteiger partial charge in [0.05, 0.1) is 24.6 Å². The van der Waals surface area contributed by atoms with Gasteiger partial charge in [0.15, 0.2) is 0 Å². The summed E-state index contributed by atoms with van der Waals surface area (Å²) in [4.78, 5) is 35.9. The van der Waals surface area contributed by atoms with Gasteiger partial charge in [-0.15, -0.1) is 11.8 Å². The highest BCUT2D eigenvalue weighted by atomic mass is 32.2. The van der Waals surface area contributed by atoms with Crippen LogP contribution in [-0.4, -0.2) is 46.8 Å². The van der Waals surface area contributed by atoms with Crippen molar-refractivity contribution < 1.29 is 14.3 Å². The zero-order valence-corrected chi connectivity index (χ0v) is 18.6. The lowest BCUT2D eigenvalue weighted by Gasteiger charge is -2.18. The maximum Gasteiger partial charge on any atom is 0.412 e. The molecule has 1 N–H and O–H groups in total. The summed E-state index contributed by atoms with van der Waals surface area (Å²) in [6.07, 6.45) is 6.54. The second kappa shape index (κ2) is 9.11. The van der Waals surface area contributed by atoms with Crippen molar-refractivity contribution in [2.45, 2.75) is 4.90 Å². The molecule has 32 heavy (non-hydrogen) atoms. The quantitative estimate of drug-likeness (QED) is 0.451. The molecule has 4 aromatic rings. The topological polar surface area (TPSA) is 88.8 Å². The summed E-state index contributed by atoms with van der Waals surface area (Å²) >= 11 is 1.63. The molecule has 9 heteroatoms. The van der Waals surface area contributed by atoms with Crippen molar-refractivity contribution in [2.75, 3.05) is 30.6 Å². The number of methoxy groups -OCH3 is 1. The largest absolute Gasteiger partial charge is 0.453 e. The molecule has 162 valence electrons. The van der Waals surface area contributed by atoms with Gasteiger partial charge < -0.3 is 9.64 Å². The van der Waals surface area contributed by atoms with Gasteiger partial charge in [0, 0.05) is 35.6 Å². The Morgan fingerprint density at radius 1 is 1.09 bits per heavy atom. The number of hydrogen-bond acceptors (Lipinski definition) is 6. The van der Waals surface area contributed by atoms with Crippen molar-refractivity contribution in [3.8, 4) is 11.3 Å². The standard InChI is InChI=1S/C23H21N5O3S/c1-27(17-5-4-6-18(11-17)32-3)22(29)16-8-10-21-25-13-19(28(21)14-16)15-7-9-20(24-12-15)26-23(30)31-2/h4-14H,1-3H3,(H,24,26,30). The third kappa shape index (κ3) is 4.28. The van der Waals surface area contributed by atoms with Gasteiger partial charge >= 0.3 is 6.09 Å². The van der Waals surface area contributed by atoms with Crippen molar-refractivity contribution in [3.05, 3.63) is 72.7 Å². The van der Waals surface area contributed by atoms with Crippen LogP contribution in [0.1, 0.15) is 10.4 Å². The molecule has 0 unspecified atom stereocenters. The van der Waals surface area contributed by atoms with E-state index in [1.54, 1.807) is 54.4 Å². The minimum atomic E-state index is -0.588. The SMILES string of the molecule is COC(=O)Nc1ccc(-c2cnc3ccc(C(=O)N(C)c4cccc(SC)c4)cn23)cn1. The number of pyridine rings is 2. The van der Waals surface area contributed by atoms with Crippen molar-refractivity contribution in [1.82, 2.24) is 14.4 Å². The number of carbonyl (C=O) groups excluding carboxylic acids is 2. The Kier molecular flexibility index (Phi) is 6.09. The minimum absolute atomic E-state index is 0.124. The van der Waals surface area contributed by atoms with Crippen LogP contribution in [-0.2, 0) is 4.74 Å². The molecule has 1 aromatic carbocycles. The van der Waals surface area contributed by atoms with E-state index in [4.69, 9.17) is 0 Å². The van der Waals surface area contributed by atoms with Crippen LogP contribution in [0.4, 0.5) is 16.3 Å². The van der Waals surface area contributed by atoms with Crippen LogP contribution in [0.25, 0.3) is 16.9 Å². The summed E-state index contributed by atoms with van der Waals surface area (Å²) in [5, 5.41) is 2.52. The number of aromatic nitrogens is 3. The average molecular weight is 448 g/mol. The number of ether oxygens (including phenoxy) is 1. The molecule has 3 heterocycles. The molecule has 0 radical (unpaired) electrons. The van der Waals surface area contributed by atoms with Crippen LogP contribution in [0.3, 0.4) is 0 Å². The molecule has 0 spiro atoms. The Morgan fingerprint density at radius 2 is 1.94 bits per heavy atom. The predicted octanol–water partition coefficient (Wildman–Crippen LogP) is 4.57. The Morgan fingerprint density at radius 3 is 2.66 bits per heavy atom. The summed E-state index contributed by atoms with van der Waals surface area (Å²) in [5.74, 6) is 0.250. The highest BCUT2D eigenvalue weighted by Crippen LogP contribution is 2.25. The van der Waals surface area contributed by atoms with Gasteiger partial charge in [-0.2, -0.15) is 0 Å². The first-order chi connectivity index (χ1) is 15.5. The van der Waals surface area contributed by atoms with E-state index in [0.29, 0.717) is 17.0 Å². The van der Waals surface area contributed by atoms with Gasteiger partial charge in [0.2, 0.25) is 0 Å². The van der Waals surface area contributed by atoms with Gasteiger partial charge in [0.1, 0.15) is 11.5 Å². The first-order valence-electron chi connectivity index (χ1n) is 9.71. The highest BCUT2D eigenvalue weighted by molar-refractivity contribution is 7.98. The third-order valence-corrected chi connectivity index (χ3v) is 5.70. The summed E-state index contributed by atoms with van der Waals surface area (Å²) in [6, 6.07) is 14.9. The normalized spacial score (nSPS) is 10.7. The maximum atomic E-state index is 13.2. The first kappa shape index (κ1) is 21.4. The average Bonchev–Trinajstić information content (AvgIpc) is 3.26. The number of thioether (sulfide) groups is 1. The molecule has 8 nitrogen and oxygen atoms in total. The van der Waals surface area contributed by atoms with Crippen LogP contribution in [0.2, 0.25) is 0 Å². The zero-order chi connectivity index (χ0) is 22.7. The molecular weight excluding hydrogens is 426 g/mol. The molecule has 0 aliphatic carbocycles. The molecule has 0 saturated carbocycles. The lowest BCUT2D eigenvalue weighted by atomic mass is 10.2. The summed E-state index contributed by atoms with van der Waals surface area (Å²) in [5.41, 5.74) is 3.63. The van der Waals surface area contributed by atoms with E-state index in [1.807, 2.05) is 47.1 Å². The van der Waals surface area contributed by atoms with Crippen LogP contribution < -0.4 is 10.2 Å². The van der Waals surface area contributed by atoms with E-state index in [-0.39, 0.29) is 5.91 Å². The van der Waals surface area contributed by atoms with Crippen molar-refractivity contribution in [3.63, 3.8) is 0 Å². The van der Waals surface area contributed by atoms with Gasteiger partial charge in [-0.25, -0.2) is 14.8 Å². The fourth-order valence-electron chi connectivity index (χ4n) is 3.23. The number of fused-ring (bicyclic) bond motifs is 1. The summed E-state index contributed by atoms with van der Waals surface area (Å²) in [6.45, 7) is 0. The lowest BCUT2D eigenvalue weighted by Crippen LogP contribution is -2.26. The molecule has 0 saturated heterocycles. The molecule has 0 atom stereocenters. The smallest absolute Gasteiger partial charge is 0.412 e. The van der Waals surface area contributed by atoms with Crippen LogP contribution in [0.5, 0.6) is 0 Å². The monoisotopic (exact) mass is 447 g/mol. The zero-order valence-electron chi connectivity index (χ0n) is 17.8. The van der Waals surface area contributed by atoms with Crippen LogP contribution in [0, 0.1) is 0 Å². The fourth-order valence-corrected chi connectivity index (χ4v) is 3.68. The number of benzene rings is 1. The molecule has 3 aromatic heterocycles. The van der Waals surface area contributed by atoms with Crippen molar-refractivity contribution in [2.24, 2.45) is 0 Å².